The number of rotatable bonds is 60. The van der Waals surface area contributed by atoms with E-state index in [9.17, 15) is 19.2 Å². The fourth-order valence-corrected chi connectivity index (χ4v) is 9.19. The van der Waals surface area contributed by atoms with Crippen molar-refractivity contribution in [1.82, 2.24) is 0 Å². The Balaban J connectivity index is -0.000000134. The third kappa shape index (κ3) is 113. The molecule has 0 aromatic carbocycles. The summed E-state index contributed by atoms with van der Waals surface area (Å²) in [6.07, 6.45) is 75.6. The van der Waals surface area contributed by atoms with Gasteiger partial charge in [0.2, 0.25) is 0 Å². The first-order chi connectivity index (χ1) is 41.2. The molecule has 0 fully saturated rings. The van der Waals surface area contributed by atoms with Crippen molar-refractivity contribution in [1.29, 1.82) is 0 Å². The number of carbonyl (C=O) groups is 4. The Labute approximate surface area is 617 Å². The minimum absolute atomic E-state index is 0. The maximum absolute atomic E-state index is 11.2. The molecule has 0 saturated carbocycles. The summed E-state index contributed by atoms with van der Waals surface area (Å²) in [7, 11) is 0. The Kier molecular flexibility index (Phi) is 126. The van der Waals surface area contributed by atoms with Gasteiger partial charge in [-0.2, -0.15) is 13.5 Å². The maximum Gasteiger partial charge on any atom is 2.00 e. The normalized spacial score (nSPS) is 10.5. The van der Waals surface area contributed by atoms with E-state index < -0.39 is 0 Å². The molecule has 0 aromatic heterocycles. The van der Waals surface area contributed by atoms with Crippen LogP contribution in [0.4, 0.5) is 0 Å². The third-order valence-electron chi connectivity index (χ3n) is 14.0. The topological polar surface area (TPSA) is 105 Å². The average molecular weight is 1560 g/mol. The van der Waals surface area contributed by atoms with Crippen LogP contribution in [0.2, 0.25) is 0 Å². The number of carbonyl (C=O) groups excluding carboxylic acids is 4. The first-order valence-corrected chi connectivity index (χ1v) is 37.1. The van der Waals surface area contributed by atoms with Gasteiger partial charge in [0.15, 0.2) is 0 Å². The van der Waals surface area contributed by atoms with Crippen molar-refractivity contribution in [2.24, 2.45) is 0 Å². The number of esters is 4. The van der Waals surface area contributed by atoms with E-state index in [1.807, 2.05) is 0 Å². The van der Waals surface area contributed by atoms with Gasteiger partial charge in [-0.25, -0.2) is 0 Å². The summed E-state index contributed by atoms with van der Waals surface area (Å²) in [5, 5.41) is 0. The molecule has 0 aliphatic heterocycles. The van der Waals surface area contributed by atoms with Gasteiger partial charge < -0.3 is 69.5 Å². The van der Waals surface area contributed by atoms with Gasteiger partial charge in [-0.1, -0.05) is 245 Å². The summed E-state index contributed by atoms with van der Waals surface area (Å²) in [6, 6.07) is 0. The van der Waals surface area contributed by atoms with Crippen molar-refractivity contribution < 1.29 is 38.1 Å². The predicted molar refractivity (Wildman–Crippen MR) is 409 cm³/mol. The van der Waals surface area contributed by atoms with E-state index in [0.29, 0.717) is 75.1 Å². The molecular weight excluding hydrogens is 1410 g/mol. The Bertz CT molecular complexity index is 1230. The molecule has 0 aliphatic rings. The van der Waals surface area contributed by atoms with Crippen LogP contribution in [0.5, 0.6) is 0 Å². The number of hydrogen-bond acceptors (Lipinski definition) is 12. The summed E-state index contributed by atoms with van der Waals surface area (Å²) in [6.45, 7) is 10.6. The van der Waals surface area contributed by atoms with Crippen LogP contribution in [-0.2, 0) is 88.6 Å². The van der Waals surface area contributed by atoms with Gasteiger partial charge in [-0.3, -0.25) is 19.2 Å². The summed E-state index contributed by atoms with van der Waals surface area (Å²) < 4.78 is 19.8. The van der Waals surface area contributed by atoms with Gasteiger partial charge in [0.25, 0.3) is 0 Å². The molecule has 0 amide bonds. The molecule has 524 valence electrons. The van der Waals surface area contributed by atoms with Gasteiger partial charge in [-0.15, -0.1) is 23.0 Å². The molecule has 0 aliphatic carbocycles. The van der Waals surface area contributed by atoms with Crippen LogP contribution in [0, 0.1) is 0 Å². The van der Waals surface area contributed by atoms with E-state index in [0.717, 1.165) is 77.0 Å². The number of ether oxygens (including phenoxy) is 4. The summed E-state index contributed by atoms with van der Waals surface area (Å²) in [5.41, 5.74) is 0. The second-order valence-corrected chi connectivity index (χ2v) is 23.8. The minimum atomic E-state index is -0.0986. The number of allylic oxidation sites excluding steroid dienone is 8. The van der Waals surface area contributed by atoms with Gasteiger partial charge >= 0.3 is 71.7 Å². The Morgan fingerprint density at radius 2 is 0.382 bits per heavy atom. The second kappa shape index (κ2) is 104. The zero-order chi connectivity index (χ0) is 62.4. The minimum Gasteiger partial charge on any atom is -0.789 e. The standard InChI is InChI=1S/4C18H34O2S.2CH4.H2S.2Sn/c4*1-2-3-4-5-6-7-8-9-10-11-12-13-14-15-18(19)20-16-17-21;;;;;/h4*9-10,21H,2-8,11-17H2,1H3;2*1H4;1H2;;/q;;;;;;;2*+2/p-4/b4*10-9+;;;;;. The molecule has 0 unspecified atom stereocenters. The van der Waals surface area contributed by atoms with Crippen LogP contribution >= 0.6 is 13.5 Å². The van der Waals surface area contributed by atoms with Crippen LogP contribution in [0.1, 0.15) is 351 Å². The van der Waals surface area contributed by atoms with Crippen molar-refractivity contribution in [3.8, 4) is 0 Å². The summed E-state index contributed by atoms with van der Waals surface area (Å²) in [5.74, 6) is 1.59. The molecule has 15 heteroatoms. The summed E-state index contributed by atoms with van der Waals surface area (Å²) >= 11 is 18.9. The Hall–Kier alpha value is 0.187. The fourth-order valence-electron chi connectivity index (χ4n) is 8.86. The predicted octanol–water partition coefficient (Wildman–Crippen LogP) is 22.0. The van der Waals surface area contributed by atoms with Crippen LogP contribution in [0.25, 0.3) is 0 Å². The van der Waals surface area contributed by atoms with Crippen LogP contribution in [-0.4, -0.2) is 121 Å². The van der Waals surface area contributed by atoms with Gasteiger partial charge in [-0.05, 0) is 128 Å². The molecule has 0 aromatic rings. The first-order valence-electron chi connectivity index (χ1n) is 34.8. The molecule has 4 radical (unpaired) electrons. The average Bonchev–Trinajstić information content (AvgIpc) is 3.50. The Morgan fingerprint density at radius 3 is 0.528 bits per heavy atom. The molecule has 0 N–H and O–H groups in total. The molecule has 0 atom stereocenters. The van der Waals surface area contributed by atoms with E-state index >= 15 is 0 Å². The molecule has 89 heavy (non-hydrogen) atoms. The zero-order valence-electron chi connectivity index (χ0n) is 56.6. The SMILES string of the molecule is C.C.CCCCCCCC/C=C/CCCCCC(=O)OCC[S-].CCCCCCCC/C=C/CCCCCC(=O)OCC[S-].CCCCCCCC/C=C/CCCCCC(=O)OCC[S-].CCCCCCCC/C=C/CCCCCC(=O)OCC[S-].S.[Sn+2].[Sn+2]. The second-order valence-electron chi connectivity index (χ2n) is 22.2. The summed E-state index contributed by atoms with van der Waals surface area (Å²) in [4.78, 5) is 44.9. The molecule has 0 rings (SSSR count). The molecule has 0 bridgehead atoms. The monoisotopic (exact) mass is 1560 g/mol. The van der Waals surface area contributed by atoms with Crippen molar-refractivity contribution >= 4 is 136 Å². The zero-order valence-corrected chi connectivity index (χ0v) is 66.6. The van der Waals surface area contributed by atoms with E-state index in [2.05, 4.69) is 76.3 Å². The van der Waals surface area contributed by atoms with E-state index in [1.165, 1.54) is 205 Å². The molecule has 0 saturated heterocycles. The number of hydrogen-bond donors (Lipinski definition) is 0. The van der Waals surface area contributed by atoms with Crippen LogP contribution in [0.3, 0.4) is 0 Å². The molecule has 0 spiro atoms. The van der Waals surface area contributed by atoms with Gasteiger partial charge in [0.05, 0.1) is 26.4 Å². The quantitative estimate of drug-likeness (QED) is 0.0145. The third-order valence-corrected chi connectivity index (χ3v) is 14.6. The molecule has 8 nitrogen and oxygen atoms in total. The largest absolute Gasteiger partial charge is 2.00 e. The van der Waals surface area contributed by atoms with Crippen molar-refractivity contribution in [2.45, 2.75) is 351 Å². The van der Waals surface area contributed by atoms with E-state index in [-0.39, 0.29) is 100 Å². The van der Waals surface area contributed by atoms with Gasteiger partial charge in [0.1, 0.15) is 0 Å². The van der Waals surface area contributed by atoms with Crippen molar-refractivity contribution in [3.05, 3.63) is 48.6 Å². The van der Waals surface area contributed by atoms with Crippen LogP contribution < -0.4 is 0 Å². The van der Waals surface area contributed by atoms with E-state index in [4.69, 9.17) is 69.5 Å². The fraction of sp³-hybridized carbons (Fsp3) is 0.838. The first kappa shape index (κ1) is 108. The Morgan fingerprint density at radius 1 is 0.247 bits per heavy atom. The smallest absolute Gasteiger partial charge is 0.789 e. The van der Waals surface area contributed by atoms with Gasteiger partial charge in [0, 0.05) is 25.7 Å². The molecular formula is C74H142O8S5Sn2. The van der Waals surface area contributed by atoms with E-state index in [1.54, 1.807) is 0 Å². The number of unbranched alkanes of at least 4 members (excludes halogenated alkanes) is 36. The van der Waals surface area contributed by atoms with Crippen molar-refractivity contribution in [2.75, 3.05) is 49.4 Å². The maximum atomic E-state index is 11.2. The molecule has 0 heterocycles. The van der Waals surface area contributed by atoms with Crippen molar-refractivity contribution in [3.63, 3.8) is 0 Å². The van der Waals surface area contributed by atoms with Crippen LogP contribution in [0.15, 0.2) is 48.6 Å².